The zero-order chi connectivity index (χ0) is 15.2. The van der Waals surface area contributed by atoms with Crippen LogP contribution in [0.5, 0.6) is 0 Å². The van der Waals surface area contributed by atoms with Crippen molar-refractivity contribution < 1.29 is 14.0 Å². The van der Waals surface area contributed by atoms with Gasteiger partial charge in [-0.1, -0.05) is 33.6 Å². The minimum absolute atomic E-state index is 0.0353. The number of methoxy groups -OCH3 is 1. The second-order valence-electron chi connectivity index (χ2n) is 8.07. The molecule has 2 saturated carbocycles. The molecule has 0 aliphatic heterocycles. The lowest BCUT2D eigenvalue weighted by Crippen LogP contribution is -2.66. The van der Waals surface area contributed by atoms with Crippen molar-refractivity contribution in [2.75, 3.05) is 7.11 Å². The summed E-state index contributed by atoms with van der Waals surface area (Å²) >= 11 is 0. The Morgan fingerprint density at radius 1 is 1.25 bits per heavy atom. The van der Waals surface area contributed by atoms with Crippen molar-refractivity contribution in [3.05, 3.63) is 0 Å². The standard InChI is InChI=1S/C16H30O3Si/c1-15(2,3)20(5,6)19-16-10-8-7-9-12(16)11-13(16)14(17)18-4/h12-13H,7-11H2,1-6H3/t12-,13-,16+/m1/s1. The van der Waals surface area contributed by atoms with E-state index in [-0.39, 0.29) is 22.5 Å². The first-order valence-corrected chi connectivity index (χ1v) is 10.8. The molecule has 0 amide bonds. The van der Waals surface area contributed by atoms with Gasteiger partial charge in [0.15, 0.2) is 8.32 Å². The summed E-state index contributed by atoms with van der Waals surface area (Å²) in [5, 5.41) is 0.181. The monoisotopic (exact) mass is 298 g/mol. The quantitative estimate of drug-likeness (QED) is 0.580. The SMILES string of the molecule is COC(=O)[C@H]1C[C@H]2CCCC[C@]21O[Si](C)(C)C(C)(C)C. The third-order valence-corrected chi connectivity index (χ3v) is 10.4. The van der Waals surface area contributed by atoms with Gasteiger partial charge in [0, 0.05) is 0 Å². The summed E-state index contributed by atoms with van der Waals surface area (Å²) in [6.45, 7) is 11.4. The van der Waals surface area contributed by atoms with Gasteiger partial charge in [-0.2, -0.15) is 0 Å². The van der Waals surface area contributed by atoms with Crippen molar-refractivity contribution in [3.63, 3.8) is 0 Å². The summed E-state index contributed by atoms with van der Waals surface area (Å²) in [5.74, 6) is 0.461. The van der Waals surface area contributed by atoms with E-state index in [4.69, 9.17) is 9.16 Å². The highest BCUT2D eigenvalue weighted by Gasteiger charge is 2.62. The van der Waals surface area contributed by atoms with Crippen molar-refractivity contribution in [3.8, 4) is 0 Å². The van der Waals surface area contributed by atoms with Crippen LogP contribution in [0.25, 0.3) is 0 Å². The number of esters is 1. The molecule has 0 unspecified atom stereocenters. The number of carbonyl (C=O) groups excluding carboxylic acids is 1. The lowest BCUT2D eigenvalue weighted by Gasteiger charge is -2.60. The van der Waals surface area contributed by atoms with E-state index in [0.29, 0.717) is 5.92 Å². The molecule has 2 fully saturated rings. The zero-order valence-electron chi connectivity index (χ0n) is 13.9. The number of fused-ring (bicyclic) bond motifs is 1. The van der Waals surface area contributed by atoms with Crippen LogP contribution in [0, 0.1) is 11.8 Å². The number of hydrogen-bond acceptors (Lipinski definition) is 3. The van der Waals surface area contributed by atoms with E-state index in [1.807, 2.05) is 0 Å². The second kappa shape index (κ2) is 5.13. The molecule has 0 spiro atoms. The van der Waals surface area contributed by atoms with Crippen LogP contribution in [0.3, 0.4) is 0 Å². The van der Waals surface area contributed by atoms with Crippen LogP contribution in [0.15, 0.2) is 0 Å². The van der Waals surface area contributed by atoms with Crippen molar-refractivity contribution in [1.29, 1.82) is 0 Å². The fourth-order valence-electron chi connectivity index (χ4n) is 3.61. The Morgan fingerprint density at radius 2 is 1.90 bits per heavy atom. The molecule has 0 saturated heterocycles. The molecular formula is C16H30O3Si. The lowest BCUT2D eigenvalue weighted by molar-refractivity contribution is -0.192. The van der Waals surface area contributed by atoms with Crippen molar-refractivity contribution in [1.82, 2.24) is 0 Å². The van der Waals surface area contributed by atoms with Crippen LogP contribution in [0.2, 0.25) is 18.1 Å². The van der Waals surface area contributed by atoms with Gasteiger partial charge >= 0.3 is 5.97 Å². The molecule has 4 heteroatoms. The van der Waals surface area contributed by atoms with E-state index < -0.39 is 8.32 Å². The fraction of sp³-hybridized carbons (Fsp3) is 0.938. The third kappa shape index (κ3) is 2.45. The smallest absolute Gasteiger partial charge is 0.311 e. The Balaban J connectivity index is 2.25. The summed E-state index contributed by atoms with van der Waals surface area (Å²) in [6.07, 6.45) is 5.66. The molecule has 2 rings (SSSR count). The van der Waals surface area contributed by atoms with Crippen molar-refractivity contribution in [2.45, 2.75) is 76.6 Å². The first kappa shape index (κ1) is 16.0. The van der Waals surface area contributed by atoms with Crippen molar-refractivity contribution >= 4 is 14.3 Å². The van der Waals surface area contributed by atoms with Crippen LogP contribution < -0.4 is 0 Å². The van der Waals surface area contributed by atoms with Gasteiger partial charge in [0.05, 0.1) is 18.6 Å². The highest BCUT2D eigenvalue weighted by Crippen LogP contribution is 2.58. The molecule has 0 heterocycles. The molecule has 116 valence electrons. The van der Waals surface area contributed by atoms with Gasteiger partial charge in [-0.25, -0.2) is 0 Å². The van der Waals surface area contributed by atoms with Gasteiger partial charge in [0.1, 0.15) is 0 Å². The first-order valence-electron chi connectivity index (χ1n) is 7.92. The highest BCUT2D eigenvalue weighted by atomic mass is 28.4. The minimum atomic E-state index is -1.86. The Bertz CT molecular complexity index is 386. The Labute approximate surface area is 124 Å². The van der Waals surface area contributed by atoms with E-state index in [9.17, 15) is 4.79 Å². The Morgan fingerprint density at radius 3 is 2.40 bits per heavy atom. The molecule has 0 N–H and O–H groups in total. The van der Waals surface area contributed by atoms with E-state index in [1.54, 1.807) is 0 Å². The maximum absolute atomic E-state index is 12.1. The highest BCUT2D eigenvalue weighted by molar-refractivity contribution is 6.74. The molecule has 0 bridgehead atoms. The predicted octanol–water partition coefficient (Wildman–Crippen LogP) is 4.13. The van der Waals surface area contributed by atoms with E-state index in [0.717, 1.165) is 12.8 Å². The van der Waals surface area contributed by atoms with Crippen LogP contribution in [-0.4, -0.2) is 27.0 Å². The van der Waals surface area contributed by atoms with Crippen LogP contribution in [0.1, 0.15) is 52.9 Å². The van der Waals surface area contributed by atoms with Crippen molar-refractivity contribution in [2.24, 2.45) is 11.8 Å². The number of carbonyl (C=O) groups is 1. The summed E-state index contributed by atoms with van der Waals surface area (Å²) in [7, 11) is -0.365. The van der Waals surface area contributed by atoms with Gasteiger partial charge in [-0.05, 0) is 43.3 Å². The van der Waals surface area contributed by atoms with E-state index in [2.05, 4.69) is 33.9 Å². The number of hydrogen-bond donors (Lipinski definition) is 0. The van der Waals surface area contributed by atoms with E-state index in [1.165, 1.54) is 26.4 Å². The average molecular weight is 298 g/mol. The van der Waals surface area contributed by atoms with Gasteiger partial charge in [-0.3, -0.25) is 4.79 Å². The molecule has 0 aromatic carbocycles. The lowest BCUT2D eigenvalue weighted by atomic mass is 9.55. The number of ether oxygens (including phenoxy) is 1. The summed E-state index contributed by atoms with van der Waals surface area (Å²) < 4.78 is 11.8. The van der Waals surface area contributed by atoms with Crippen LogP contribution in [-0.2, 0) is 14.0 Å². The zero-order valence-corrected chi connectivity index (χ0v) is 14.9. The maximum atomic E-state index is 12.1. The molecule has 2 aliphatic rings. The Hall–Kier alpha value is -0.353. The van der Waals surface area contributed by atoms with Gasteiger partial charge in [0.2, 0.25) is 0 Å². The molecule has 20 heavy (non-hydrogen) atoms. The molecule has 0 aromatic rings. The van der Waals surface area contributed by atoms with Gasteiger partial charge in [0.25, 0.3) is 0 Å². The molecule has 0 aromatic heterocycles. The van der Waals surface area contributed by atoms with Gasteiger partial charge < -0.3 is 9.16 Å². The second-order valence-corrected chi connectivity index (χ2v) is 12.8. The summed E-state index contributed by atoms with van der Waals surface area (Å²) in [6, 6.07) is 0. The summed E-state index contributed by atoms with van der Waals surface area (Å²) in [4.78, 5) is 12.1. The molecular weight excluding hydrogens is 268 g/mol. The topological polar surface area (TPSA) is 35.5 Å². The maximum Gasteiger partial charge on any atom is 0.311 e. The molecule has 2 aliphatic carbocycles. The first-order chi connectivity index (χ1) is 9.14. The normalized spacial score (nSPS) is 34.1. The largest absolute Gasteiger partial charge is 0.469 e. The fourth-order valence-corrected chi connectivity index (χ4v) is 5.28. The predicted molar refractivity (Wildman–Crippen MR) is 83.1 cm³/mol. The van der Waals surface area contributed by atoms with Crippen LogP contribution in [0.4, 0.5) is 0 Å². The minimum Gasteiger partial charge on any atom is -0.469 e. The summed E-state index contributed by atoms with van der Waals surface area (Å²) in [5.41, 5.74) is -0.214. The molecule has 3 atom stereocenters. The average Bonchev–Trinajstić information content (AvgIpc) is 2.31. The number of rotatable bonds is 3. The Kier molecular flexibility index (Phi) is 4.11. The molecule has 0 radical (unpaired) electrons. The van der Waals surface area contributed by atoms with E-state index >= 15 is 0 Å². The molecule has 3 nitrogen and oxygen atoms in total. The van der Waals surface area contributed by atoms with Gasteiger partial charge in [-0.15, -0.1) is 0 Å². The third-order valence-electron chi connectivity index (χ3n) is 5.91. The van der Waals surface area contributed by atoms with Crippen LogP contribution >= 0.6 is 0 Å².